The van der Waals surface area contributed by atoms with Gasteiger partial charge < -0.3 is 9.09 Å². The Kier molecular flexibility index (Phi) is 4.70. The van der Waals surface area contributed by atoms with Crippen LogP contribution in [0.3, 0.4) is 0 Å². The zero-order chi connectivity index (χ0) is 19.1. The summed E-state index contributed by atoms with van der Waals surface area (Å²) in [5.74, 6) is 3.14. The van der Waals surface area contributed by atoms with Crippen molar-refractivity contribution in [3.63, 3.8) is 0 Å². The highest BCUT2D eigenvalue weighted by atomic mass is 35.5. The first kappa shape index (κ1) is 17.9. The maximum atomic E-state index is 6.06. The number of aromatic nitrogens is 5. The van der Waals surface area contributed by atoms with Gasteiger partial charge in [-0.2, -0.15) is 17.6 Å². The SMILES string of the molecule is SC(c1noc(-c2cccc(Cl)c2)n1)c1nnc(-c2cccs2)n1CC1CC1. The first-order valence-electron chi connectivity index (χ1n) is 8.93. The Morgan fingerprint density at radius 2 is 2.14 bits per heavy atom. The predicted octanol–water partition coefficient (Wildman–Crippen LogP) is 5.14. The molecular weight excluding hydrogens is 414 g/mol. The lowest BCUT2D eigenvalue weighted by atomic mass is 10.2. The van der Waals surface area contributed by atoms with Crippen molar-refractivity contribution in [1.29, 1.82) is 0 Å². The van der Waals surface area contributed by atoms with Gasteiger partial charge in [-0.3, -0.25) is 0 Å². The van der Waals surface area contributed by atoms with Crippen molar-refractivity contribution < 1.29 is 4.52 Å². The number of rotatable bonds is 6. The summed E-state index contributed by atoms with van der Waals surface area (Å²) in [6.45, 7) is 0.881. The fraction of sp³-hybridized carbons (Fsp3) is 0.263. The molecule has 3 aromatic heterocycles. The van der Waals surface area contributed by atoms with Crippen LogP contribution >= 0.6 is 35.6 Å². The van der Waals surface area contributed by atoms with E-state index in [1.165, 1.54) is 12.8 Å². The standard InChI is InChI=1S/C19H16ClN5OS2/c20-13-4-1-3-12(9-13)19-21-16(24-26-19)15(27)18-23-22-17(14-5-2-8-28-14)25(18)10-11-6-7-11/h1-5,8-9,11,15,27H,6-7,10H2. The van der Waals surface area contributed by atoms with E-state index in [1.54, 1.807) is 23.5 Å². The third kappa shape index (κ3) is 3.47. The van der Waals surface area contributed by atoms with Crippen LogP contribution in [0.25, 0.3) is 22.2 Å². The fourth-order valence-corrected chi connectivity index (χ4v) is 4.25. The quantitative estimate of drug-likeness (QED) is 0.430. The highest BCUT2D eigenvalue weighted by Gasteiger charge is 2.29. The number of thiophene rings is 1. The van der Waals surface area contributed by atoms with Gasteiger partial charge in [0.15, 0.2) is 17.5 Å². The molecule has 28 heavy (non-hydrogen) atoms. The van der Waals surface area contributed by atoms with E-state index >= 15 is 0 Å². The molecule has 1 aromatic carbocycles. The molecule has 0 saturated heterocycles. The Hall–Kier alpha value is -2.16. The fourth-order valence-electron chi connectivity index (χ4n) is 3.04. The Balaban J connectivity index is 1.49. The lowest BCUT2D eigenvalue weighted by Gasteiger charge is -2.11. The molecular formula is C19H16ClN5OS2. The summed E-state index contributed by atoms with van der Waals surface area (Å²) < 4.78 is 7.59. The molecule has 0 bridgehead atoms. The summed E-state index contributed by atoms with van der Waals surface area (Å²) in [5.41, 5.74) is 0.769. The number of benzene rings is 1. The monoisotopic (exact) mass is 429 g/mol. The van der Waals surface area contributed by atoms with E-state index in [0.717, 1.165) is 28.6 Å². The van der Waals surface area contributed by atoms with Gasteiger partial charge in [0.2, 0.25) is 0 Å². The van der Waals surface area contributed by atoms with Crippen molar-refractivity contribution in [1.82, 2.24) is 24.9 Å². The molecule has 1 aliphatic carbocycles. The average molecular weight is 430 g/mol. The Morgan fingerprint density at radius 1 is 1.25 bits per heavy atom. The van der Waals surface area contributed by atoms with Crippen molar-refractivity contribution in [2.45, 2.75) is 24.6 Å². The number of halogens is 1. The highest BCUT2D eigenvalue weighted by Crippen LogP contribution is 2.36. The molecule has 0 amide bonds. The third-order valence-corrected chi connectivity index (χ3v) is 6.22. The molecule has 1 unspecified atom stereocenters. The molecule has 9 heteroatoms. The molecule has 1 atom stereocenters. The van der Waals surface area contributed by atoms with Gasteiger partial charge in [-0.15, -0.1) is 21.5 Å². The van der Waals surface area contributed by atoms with E-state index in [0.29, 0.717) is 22.7 Å². The second kappa shape index (κ2) is 7.35. The number of hydrogen-bond acceptors (Lipinski definition) is 7. The van der Waals surface area contributed by atoms with Crippen LogP contribution in [0.2, 0.25) is 5.02 Å². The zero-order valence-electron chi connectivity index (χ0n) is 14.7. The van der Waals surface area contributed by atoms with Gasteiger partial charge in [0, 0.05) is 17.1 Å². The van der Waals surface area contributed by atoms with Crippen molar-refractivity contribution in [2.24, 2.45) is 5.92 Å². The minimum Gasteiger partial charge on any atom is -0.334 e. The minimum absolute atomic E-state index is 0.406. The predicted molar refractivity (Wildman–Crippen MR) is 112 cm³/mol. The van der Waals surface area contributed by atoms with Crippen LogP contribution < -0.4 is 0 Å². The van der Waals surface area contributed by atoms with E-state index in [1.807, 2.05) is 23.6 Å². The highest BCUT2D eigenvalue weighted by molar-refractivity contribution is 7.80. The Labute approximate surface area is 176 Å². The zero-order valence-corrected chi connectivity index (χ0v) is 17.2. The summed E-state index contributed by atoms with van der Waals surface area (Å²) in [7, 11) is 0. The second-order valence-corrected chi connectivity index (χ2v) is 8.68. The lowest BCUT2D eigenvalue weighted by molar-refractivity contribution is 0.422. The molecule has 5 rings (SSSR count). The van der Waals surface area contributed by atoms with Crippen LogP contribution in [-0.4, -0.2) is 24.9 Å². The maximum Gasteiger partial charge on any atom is 0.258 e. The van der Waals surface area contributed by atoms with Crippen LogP contribution in [0.5, 0.6) is 0 Å². The minimum atomic E-state index is -0.434. The normalized spacial score (nSPS) is 15.1. The average Bonchev–Trinajstić information content (AvgIpc) is 3.11. The number of hydrogen-bond donors (Lipinski definition) is 1. The van der Waals surface area contributed by atoms with Crippen LogP contribution in [0.1, 0.15) is 29.7 Å². The summed E-state index contributed by atoms with van der Waals surface area (Å²) >= 11 is 12.5. The topological polar surface area (TPSA) is 69.6 Å². The van der Waals surface area contributed by atoms with Crippen molar-refractivity contribution >= 4 is 35.6 Å². The van der Waals surface area contributed by atoms with Gasteiger partial charge >= 0.3 is 0 Å². The van der Waals surface area contributed by atoms with Crippen LogP contribution in [0.15, 0.2) is 46.3 Å². The van der Waals surface area contributed by atoms with Gasteiger partial charge in [-0.05, 0) is 48.4 Å². The maximum absolute atomic E-state index is 6.06. The molecule has 6 nitrogen and oxygen atoms in total. The van der Waals surface area contributed by atoms with Crippen LogP contribution in [0, 0.1) is 5.92 Å². The lowest BCUT2D eigenvalue weighted by Crippen LogP contribution is -2.10. The summed E-state index contributed by atoms with van der Waals surface area (Å²) in [4.78, 5) is 5.60. The van der Waals surface area contributed by atoms with Crippen molar-refractivity contribution in [3.05, 3.63) is 58.4 Å². The van der Waals surface area contributed by atoms with E-state index in [2.05, 4.69) is 31.0 Å². The van der Waals surface area contributed by atoms with E-state index in [-0.39, 0.29) is 0 Å². The van der Waals surface area contributed by atoms with E-state index in [9.17, 15) is 0 Å². The Morgan fingerprint density at radius 3 is 2.89 bits per heavy atom. The Bertz CT molecular complexity index is 1100. The molecule has 1 aliphatic rings. The van der Waals surface area contributed by atoms with E-state index < -0.39 is 5.25 Å². The molecule has 0 N–H and O–H groups in total. The first-order valence-corrected chi connectivity index (χ1v) is 10.7. The van der Waals surface area contributed by atoms with Gasteiger partial charge in [0.1, 0.15) is 5.25 Å². The van der Waals surface area contributed by atoms with Gasteiger partial charge in [-0.25, -0.2) is 0 Å². The van der Waals surface area contributed by atoms with Crippen molar-refractivity contribution in [2.75, 3.05) is 0 Å². The smallest absolute Gasteiger partial charge is 0.258 e. The van der Waals surface area contributed by atoms with Crippen molar-refractivity contribution in [3.8, 4) is 22.2 Å². The number of thiol groups is 1. The molecule has 3 heterocycles. The number of nitrogens with zero attached hydrogens (tertiary/aromatic N) is 5. The van der Waals surface area contributed by atoms with Crippen LogP contribution in [0.4, 0.5) is 0 Å². The molecule has 0 aliphatic heterocycles. The summed E-state index contributed by atoms with van der Waals surface area (Å²) in [6.07, 6.45) is 2.47. The molecule has 1 fully saturated rings. The molecule has 0 radical (unpaired) electrons. The van der Waals surface area contributed by atoms with Gasteiger partial charge in [0.25, 0.3) is 5.89 Å². The van der Waals surface area contributed by atoms with E-state index in [4.69, 9.17) is 28.8 Å². The molecule has 4 aromatic rings. The van der Waals surface area contributed by atoms with Gasteiger partial charge in [0.05, 0.1) is 4.88 Å². The van der Waals surface area contributed by atoms with Crippen LogP contribution in [-0.2, 0) is 6.54 Å². The molecule has 142 valence electrons. The summed E-state index contributed by atoms with van der Waals surface area (Å²) in [5, 5.41) is 15.2. The third-order valence-electron chi connectivity index (χ3n) is 4.66. The summed E-state index contributed by atoms with van der Waals surface area (Å²) in [6, 6.07) is 11.4. The molecule has 1 saturated carbocycles. The largest absolute Gasteiger partial charge is 0.334 e. The van der Waals surface area contributed by atoms with Gasteiger partial charge in [-0.1, -0.05) is 28.9 Å². The molecule has 0 spiro atoms. The second-order valence-electron chi connectivity index (χ2n) is 6.78. The first-order chi connectivity index (χ1) is 13.7.